The number of hydrogen-bond donors (Lipinski definition) is 1. The van der Waals surface area contributed by atoms with E-state index in [1.54, 1.807) is 0 Å². The molecule has 0 saturated heterocycles. The minimum Gasteiger partial charge on any atom is -0.396 e. The first kappa shape index (κ1) is 6.55. The smallest absolute Gasteiger partial charge is 0.0851 e. The van der Waals surface area contributed by atoms with E-state index < -0.39 is 0 Å². The Balaban J connectivity index is 2.05. The Morgan fingerprint density at radius 1 is 1.67 bits per heavy atom. The number of aliphatic hydroxyl groups excluding tert-OH is 1. The van der Waals surface area contributed by atoms with Gasteiger partial charge in [0.15, 0.2) is 0 Å². The largest absolute Gasteiger partial charge is 0.396 e. The van der Waals surface area contributed by atoms with Crippen LogP contribution in [0, 0.1) is 0 Å². The maximum Gasteiger partial charge on any atom is 0.0851 e. The van der Waals surface area contributed by atoms with Crippen LogP contribution in [0.5, 0.6) is 0 Å². The summed E-state index contributed by atoms with van der Waals surface area (Å²) in [5.41, 5.74) is 0. The third-order valence-electron chi connectivity index (χ3n) is 1.36. The summed E-state index contributed by atoms with van der Waals surface area (Å²) in [7, 11) is 0. The summed E-state index contributed by atoms with van der Waals surface area (Å²) >= 11 is 0. The second-order valence-electron chi connectivity index (χ2n) is 2.13. The van der Waals surface area contributed by atoms with Gasteiger partial charge in [-0.3, -0.25) is 4.99 Å². The minimum atomic E-state index is 0.282. The van der Waals surface area contributed by atoms with Crippen molar-refractivity contribution in [1.82, 2.24) is 4.90 Å². The summed E-state index contributed by atoms with van der Waals surface area (Å²) in [4.78, 5) is 6.16. The summed E-state index contributed by atoms with van der Waals surface area (Å²) in [5.74, 6) is 0. The monoisotopic (exact) mass is 128 g/mol. The van der Waals surface area contributed by atoms with Crippen molar-refractivity contribution < 1.29 is 5.11 Å². The average Bonchev–Trinajstić information content (AvgIpc) is 2.34. The van der Waals surface area contributed by atoms with E-state index in [0.717, 1.165) is 26.1 Å². The lowest BCUT2D eigenvalue weighted by Gasteiger charge is -2.11. The van der Waals surface area contributed by atoms with Crippen LogP contribution in [0.4, 0.5) is 0 Å². The zero-order chi connectivity index (χ0) is 6.53. The standard InChI is InChI=1S/C6H12N2O/c9-5-1-3-8-4-2-7-6-8/h6,9H,1-5H2. The van der Waals surface area contributed by atoms with Crippen molar-refractivity contribution in [3.8, 4) is 0 Å². The Hall–Kier alpha value is -0.570. The lowest BCUT2D eigenvalue weighted by molar-refractivity contribution is 0.271. The van der Waals surface area contributed by atoms with Crippen molar-refractivity contribution in [3.63, 3.8) is 0 Å². The first-order chi connectivity index (χ1) is 4.43. The van der Waals surface area contributed by atoms with E-state index in [9.17, 15) is 0 Å². The van der Waals surface area contributed by atoms with Gasteiger partial charge in [-0.05, 0) is 6.42 Å². The molecule has 0 aromatic carbocycles. The molecule has 0 spiro atoms. The van der Waals surface area contributed by atoms with Crippen molar-refractivity contribution in [1.29, 1.82) is 0 Å². The van der Waals surface area contributed by atoms with E-state index in [4.69, 9.17) is 5.11 Å². The molecule has 0 radical (unpaired) electrons. The van der Waals surface area contributed by atoms with Crippen LogP contribution in [0.15, 0.2) is 4.99 Å². The molecule has 52 valence electrons. The highest BCUT2D eigenvalue weighted by atomic mass is 16.3. The summed E-state index contributed by atoms with van der Waals surface area (Å²) in [6.45, 7) is 3.18. The maximum absolute atomic E-state index is 8.46. The molecule has 0 aliphatic carbocycles. The second kappa shape index (κ2) is 3.45. The lowest BCUT2D eigenvalue weighted by atomic mass is 10.4. The summed E-state index contributed by atoms with van der Waals surface area (Å²) < 4.78 is 0. The summed E-state index contributed by atoms with van der Waals surface area (Å²) in [6.07, 6.45) is 2.71. The van der Waals surface area contributed by atoms with Gasteiger partial charge in [-0.1, -0.05) is 0 Å². The number of nitrogens with zero attached hydrogens (tertiary/aromatic N) is 2. The van der Waals surface area contributed by atoms with E-state index >= 15 is 0 Å². The van der Waals surface area contributed by atoms with Crippen molar-refractivity contribution in [3.05, 3.63) is 0 Å². The normalized spacial score (nSPS) is 17.2. The zero-order valence-electron chi connectivity index (χ0n) is 5.45. The molecule has 0 aromatic heterocycles. The van der Waals surface area contributed by atoms with Crippen molar-refractivity contribution >= 4 is 6.34 Å². The lowest BCUT2D eigenvalue weighted by Crippen LogP contribution is -2.21. The molecule has 1 heterocycles. The highest BCUT2D eigenvalue weighted by Crippen LogP contribution is 1.93. The van der Waals surface area contributed by atoms with E-state index in [0.29, 0.717) is 0 Å². The van der Waals surface area contributed by atoms with Gasteiger partial charge in [0.1, 0.15) is 0 Å². The first-order valence-electron chi connectivity index (χ1n) is 3.28. The number of rotatable bonds is 3. The van der Waals surface area contributed by atoms with E-state index in [2.05, 4.69) is 9.89 Å². The van der Waals surface area contributed by atoms with Gasteiger partial charge in [-0.2, -0.15) is 0 Å². The number of aliphatic hydroxyl groups is 1. The maximum atomic E-state index is 8.46. The minimum absolute atomic E-state index is 0.282. The number of hydrogen-bond acceptors (Lipinski definition) is 3. The predicted molar refractivity (Wildman–Crippen MR) is 36.6 cm³/mol. The van der Waals surface area contributed by atoms with Gasteiger partial charge in [0.05, 0.1) is 12.9 Å². The second-order valence-corrected chi connectivity index (χ2v) is 2.13. The van der Waals surface area contributed by atoms with E-state index in [1.807, 2.05) is 6.34 Å². The molecule has 1 aliphatic heterocycles. The Morgan fingerprint density at radius 3 is 3.11 bits per heavy atom. The number of aliphatic imine (C=N–C) groups is 1. The van der Waals surface area contributed by atoms with Crippen LogP contribution < -0.4 is 0 Å². The van der Waals surface area contributed by atoms with Gasteiger partial charge in [0.25, 0.3) is 0 Å². The Bertz CT molecular complexity index is 103. The van der Waals surface area contributed by atoms with Crippen LogP contribution in [0.25, 0.3) is 0 Å². The third-order valence-corrected chi connectivity index (χ3v) is 1.36. The third kappa shape index (κ3) is 2.01. The van der Waals surface area contributed by atoms with Crippen LogP contribution in [0.1, 0.15) is 6.42 Å². The molecular formula is C6H12N2O. The van der Waals surface area contributed by atoms with E-state index in [1.165, 1.54) is 0 Å². The van der Waals surface area contributed by atoms with Crippen LogP contribution in [0.2, 0.25) is 0 Å². The van der Waals surface area contributed by atoms with Crippen LogP contribution in [-0.4, -0.2) is 42.6 Å². The summed E-state index contributed by atoms with van der Waals surface area (Å²) in [6, 6.07) is 0. The molecule has 0 amide bonds. The quantitative estimate of drug-likeness (QED) is 0.567. The van der Waals surface area contributed by atoms with Crippen LogP contribution in [-0.2, 0) is 0 Å². The van der Waals surface area contributed by atoms with Gasteiger partial charge >= 0.3 is 0 Å². The van der Waals surface area contributed by atoms with Crippen molar-refractivity contribution in [2.45, 2.75) is 6.42 Å². The van der Waals surface area contributed by atoms with Gasteiger partial charge in [0.2, 0.25) is 0 Å². The molecule has 3 heteroatoms. The zero-order valence-corrected chi connectivity index (χ0v) is 5.45. The fraction of sp³-hybridized carbons (Fsp3) is 0.833. The average molecular weight is 128 g/mol. The highest BCUT2D eigenvalue weighted by molar-refractivity contribution is 5.56. The molecule has 0 unspecified atom stereocenters. The van der Waals surface area contributed by atoms with Crippen molar-refractivity contribution in [2.24, 2.45) is 4.99 Å². The predicted octanol–water partition coefficient (Wildman–Crippen LogP) is -0.287. The Morgan fingerprint density at radius 2 is 2.56 bits per heavy atom. The first-order valence-corrected chi connectivity index (χ1v) is 3.28. The van der Waals surface area contributed by atoms with Gasteiger partial charge in [-0.25, -0.2) is 0 Å². The van der Waals surface area contributed by atoms with Crippen molar-refractivity contribution in [2.75, 3.05) is 26.2 Å². The molecule has 0 bridgehead atoms. The fourth-order valence-electron chi connectivity index (χ4n) is 0.860. The van der Waals surface area contributed by atoms with Gasteiger partial charge < -0.3 is 10.0 Å². The van der Waals surface area contributed by atoms with E-state index in [-0.39, 0.29) is 6.61 Å². The molecule has 0 atom stereocenters. The Labute approximate surface area is 55.0 Å². The highest BCUT2D eigenvalue weighted by Gasteiger charge is 2.02. The molecular weight excluding hydrogens is 116 g/mol. The molecule has 0 aromatic rings. The molecule has 9 heavy (non-hydrogen) atoms. The van der Waals surface area contributed by atoms with Crippen LogP contribution in [0.3, 0.4) is 0 Å². The molecule has 1 N–H and O–H groups in total. The molecule has 1 rings (SSSR count). The SMILES string of the molecule is OCCCN1C=NCC1. The summed E-state index contributed by atoms with van der Waals surface area (Å²) in [5, 5.41) is 8.46. The van der Waals surface area contributed by atoms with Gasteiger partial charge in [-0.15, -0.1) is 0 Å². The fourth-order valence-corrected chi connectivity index (χ4v) is 0.860. The van der Waals surface area contributed by atoms with Crippen LogP contribution >= 0.6 is 0 Å². The van der Waals surface area contributed by atoms with Gasteiger partial charge in [0, 0.05) is 19.7 Å². The molecule has 0 fully saturated rings. The Kier molecular flexibility index (Phi) is 2.51. The molecule has 3 nitrogen and oxygen atoms in total. The molecule has 0 saturated carbocycles. The topological polar surface area (TPSA) is 35.8 Å². The molecule has 1 aliphatic rings.